The number of rotatable bonds is 8. The van der Waals surface area contributed by atoms with Gasteiger partial charge in [0, 0.05) is 12.4 Å². The highest BCUT2D eigenvalue weighted by Gasteiger charge is 2.10. The molecule has 2 rings (SSSR count). The molecule has 0 unspecified atom stereocenters. The van der Waals surface area contributed by atoms with Crippen molar-refractivity contribution < 1.29 is 9.53 Å². The number of esters is 1. The number of hydrogen-bond donors (Lipinski definition) is 0. The van der Waals surface area contributed by atoms with Gasteiger partial charge in [-0.2, -0.15) is 0 Å². The van der Waals surface area contributed by atoms with Gasteiger partial charge >= 0.3 is 12.0 Å². The minimum absolute atomic E-state index is 0.104. The zero-order valence-electron chi connectivity index (χ0n) is 13.9. The molecule has 1 heterocycles. The lowest BCUT2D eigenvalue weighted by atomic mass is 10.1. The molecule has 2 aromatic rings. The van der Waals surface area contributed by atoms with E-state index < -0.39 is 5.97 Å². The molecular weight excluding hydrogens is 288 g/mol. The molecule has 0 aliphatic carbocycles. The predicted molar refractivity (Wildman–Crippen MR) is 90.7 cm³/mol. The highest BCUT2D eigenvalue weighted by atomic mass is 16.5. The van der Waals surface area contributed by atoms with E-state index in [1.807, 2.05) is 12.1 Å². The largest absolute Gasteiger partial charge is 0.387 e. The van der Waals surface area contributed by atoms with Crippen LogP contribution < -0.4 is 4.74 Å². The zero-order valence-corrected chi connectivity index (χ0v) is 13.9. The van der Waals surface area contributed by atoms with Crippen molar-refractivity contribution in [1.82, 2.24) is 9.97 Å². The molecule has 0 N–H and O–H groups in total. The Hall–Kier alpha value is -2.23. The number of carbonyl (C=O) groups is 1. The van der Waals surface area contributed by atoms with Gasteiger partial charge in [0.2, 0.25) is 0 Å². The first-order valence-electron chi connectivity index (χ1n) is 8.35. The average molecular weight is 312 g/mol. The second kappa shape index (κ2) is 9.03. The van der Waals surface area contributed by atoms with Crippen molar-refractivity contribution in [2.75, 3.05) is 0 Å². The van der Waals surface area contributed by atoms with Crippen molar-refractivity contribution in [2.24, 2.45) is 0 Å². The second-order valence-corrected chi connectivity index (χ2v) is 5.62. The van der Waals surface area contributed by atoms with Crippen LogP contribution in [0.4, 0.5) is 0 Å². The first kappa shape index (κ1) is 17.1. The molecule has 1 aromatic heterocycles. The Kier molecular flexibility index (Phi) is 6.73. The maximum Gasteiger partial charge on any atom is 0.345 e. The van der Waals surface area contributed by atoms with Gasteiger partial charge in [0.15, 0.2) is 0 Å². The van der Waals surface area contributed by atoms with E-state index in [0.29, 0.717) is 5.56 Å². The molecule has 0 saturated heterocycles. The van der Waals surface area contributed by atoms with Gasteiger partial charge in [0.05, 0.1) is 5.56 Å². The number of benzene rings is 1. The van der Waals surface area contributed by atoms with Crippen molar-refractivity contribution in [2.45, 2.75) is 52.4 Å². The Morgan fingerprint density at radius 1 is 0.957 bits per heavy atom. The third-order valence-corrected chi connectivity index (χ3v) is 3.78. The summed E-state index contributed by atoms with van der Waals surface area (Å²) in [5.74, 6) is -0.427. The van der Waals surface area contributed by atoms with Crippen molar-refractivity contribution in [3.8, 4) is 6.01 Å². The van der Waals surface area contributed by atoms with E-state index in [9.17, 15) is 4.79 Å². The van der Waals surface area contributed by atoms with Crippen LogP contribution in [0.15, 0.2) is 36.7 Å². The summed E-state index contributed by atoms with van der Waals surface area (Å²) in [6.07, 6.45) is 10.2. The van der Waals surface area contributed by atoms with Gasteiger partial charge in [0.1, 0.15) is 0 Å². The SMILES string of the molecule is CCCCCCc1cnc(OC(=O)c2ccc(CC)cc2)nc1. The molecule has 122 valence electrons. The summed E-state index contributed by atoms with van der Waals surface area (Å²) in [4.78, 5) is 20.3. The Labute approximate surface area is 137 Å². The minimum Gasteiger partial charge on any atom is -0.387 e. The third kappa shape index (κ3) is 5.47. The molecule has 0 aliphatic rings. The van der Waals surface area contributed by atoms with Crippen LogP contribution in [-0.4, -0.2) is 15.9 Å². The zero-order chi connectivity index (χ0) is 16.5. The highest BCUT2D eigenvalue weighted by molar-refractivity contribution is 5.90. The molecule has 0 saturated carbocycles. The fourth-order valence-corrected chi connectivity index (χ4v) is 2.30. The van der Waals surface area contributed by atoms with Gasteiger partial charge in [-0.25, -0.2) is 14.8 Å². The first-order chi connectivity index (χ1) is 11.2. The number of aromatic nitrogens is 2. The number of nitrogens with zero attached hydrogens (tertiary/aromatic N) is 2. The lowest BCUT2D eigenvalue weighted by Gasteiger charge is -2.04. The Morgan fingerprint density at radius 3 is 2.26 bits per heavy atom. The van der Waals surface area contributed by atoms with Crippen LogP contribution in [0.3, 0.4) is 0 Å². The summed E-state index contributed by atoms with van der Waals surface area (Å²) in [6.45, 7) is 4.27. The molecule has 0 bridgehead atoms. The van der Waals surface area contributed by atoms with E-state index in [1.165, 1.54) is 24.8 Å². The van der Waals surface area contributed by atoms with Crippen LogP contribution in [0.1, 0.15) is 61.0 Å². The van der Waals surface area contributed by atoms with Gasteiger partial charge < -0.3 is 4.74 Å². The molecule has 0 amide bonds. The van der Waals surface area contributed by atoms with Gasteiger partial charge in [-0.05, 0) is 42.5 Å². The number of aryl methyl sites for hydroxylation is 2. The Balaban J connectivity index is 1.88. The molecule has 1 aromatic carbocycles. The first-order valence-corrected chi connectivity index (χ1v) is 8.35. The summed E-state index contributed by atoms with van der Waals surface area (Å²) < 4.78 is 5.21. The minimum atomic E-state index is -0.427. The van der Waals surface area contributed by atoms with Crippen molar-refractivity contribution >= 4 is 5.97 Å². The van der Waals surface area contributed by atoms with E-state index in [-0.39, 0.29) is 6.01 Å². The maximum absolute atomic E-state index is 12.0. The fraction of sp³-hybridized carbons (Fsp3) is 0.421. The summed E-state index contributed by atoms with van der Waals surface area (Å²) in [6, 6.07) is 7.49. The van der Waals surface area contributed by atoms with Crippen LogP contribution in [-0.2, 0) is 12.8 Å². The van der Waals surface area contributed by atoms with Crippen LogP contribution >= 0.6 is 0 Å². The second-order valence-electron chi connectivity index (χ2n) is 5.62. The molecule has 0 atom stereocenters. The quantitative estimate of drug-likeness (QED) is 0.536. The van der Waals surface area contributed by atoms with E-state index in [1.54, 1.807) is 24.5 Å². The van der Waals surface area contributed by atoms with Gasteiger partial charge in [-0.1, -0.05) is 45.2 Å². The summed E-state index contributed by atoms with van der Waals surface area (Å²) in [5.41, 5.74) is 2.77. The molecule has 0 spiro atoms. The van der Waals surface area contributed by atoms with Crippen LogP contribution in [0, 0.1) is 0 Å². The highest BCUT2D eigenvalue weighted by Crippen LogP contribution is 2.11. The number of unbranched alkanes of at least 4 members (excludes halogenated alkanes) is 3. The summed E-state index contributed by atoms with van der Waals surface area (Å²) in [7, 11) is 0. The lowest BCUT2D eigenvalue weighted by Crippen LogP contribution is -2.10. The van der Waals surface area contributed by atoms with E-state index in [2.05, 4.69) is 23.8 Å². The normalized spacial score (nSPS) is 10.5. The molecule has 23 heavy (non-hydrogen) atoms. The molecule has 4 nitrogen and oxygen atoms in total. The van der Waals surface area contributed by atoms with E-state index in [4.69, 9.17) is 4.74 Å². The number of carbonyl (C=O) groups excluding carboxylic acids is 1. The van der Waals surface area contributed by atoms with E-state index >= 15 is 0 Å². The monoisotopic (exact) mass is 312 g/mol. The topological polar surface area (TPSA) is 52.1 Å². The molecular formula is C19H24N2O2. The maximum atomic E-state index is 12.0. The summed E-state index contributed by atoms with van der Waals surface area (Å²) in [5, 5.41) is 0. The number of hydrogen-bond acceptors (Lipinski definition) is 4. The van der Waals surface area contributed by atoms with Crippen LogP contribution in [0.25, 0.3) is 0 Å². The predicted octanol–water partition coefficient (Wildman–Crippen LogP) is 4.38. The molecule has 0 aliphatic heterocycles. The molecule has 4 heteroatoms. The van der Waals surface area contributed by atoms with Gasteiger partial charge in [0.25, 0.3) is 0 Å². The lowest BCUT2D eigenvalue weighted by molar-refractivity contribution is 0.0719. The van der Waals surface area contributed by atoms with Crippen molar-refractivity contribution in [1.29, 1.82) is 0 Å². The molecule has 0 radical (unpaired) electrons. The molecule has 0 fully saturated rings. The van der Waals surface area contributed by atoms with Crippen LogP contribution in [0.5, 0.6) is 6.01 Å². The summed E-state index contributed by atoms with van der Waals surface area (Å²) >= 11 is 0. The van der Waals surface area contributed by atoms with Gasteiger partial charge in [-0.3, -0.25) is 0 Å². The van der Waals surface area contributed by atoms with Crippen LogP contribution in [0.2, 0.25) is 0 Å². The van der Waals surface area contributed by atoms with Crippen molar-refractivity contribution in [3.63, 3.8) is 0 Å². The van der Waals surface area contributed by atoms with Gasteiger partial charge in [-0.15, -0.1) is 0 Å². The smallest absolute Gasteiger partial charge is 0.345 e. The third-order valence-electron chi connectivity index (χ3n) is 3.78. The Morgan fingerprint density at radius 2 is 1.65 bits per heavy atom. The average Bonchev–Trinajstić information content (AvgIpc) is 2.60. The van der Waals surface area contributed by atoms with E-state index in [0.717, 1.165) is 24.8 Å². The number of ether oxygens (including phenoxy) is 1. The van der Waals surface area contributed by atoms with Crippen molar-refractivity contribution in [3.05, 3.63) is 53.3 Å². The fourth-order valence-electron chi connectivity index (χ4n) is 2.30. The Bertz CT molecular complexity index is 606. The standard InChI is InChI=1S/C19H24N2O2/c1-3-5-6-7-8-16-13-20-19(21-14-16)23-18(22)17-11-9-15(4-2)10-12-17/h9-14H,3-8H2,1-2H3.